The molecule has 8 heteroatoms. The van der Waals surface area contributed by atoms with Crippen molar-refractivity contribution in [3.05, 3.63) is 41.6 Å². The summed E-state index contributed by atoms with van der Waals surface area (Å²) in [7, 11) is 0. The summed E-state index contributed by atoms with van der Waals surface area (Å²) in [5.41, 5.74) is 2.05. The number of aryl methyl sites for hydroxylation is 1. The van der Waals surface area contributed by atoms with Gasteiger partial charge in [0, 0.05) is 30.2 Å². The first-order chi connectivity index (χ1) is 12.1. The van der Waals surface area contributed by atoms with Crippen LogP contribution in [0.4, 0.5) is 15.2 Å². The molecule has 0 unspecified atom stereocenters. The van der Waals surface area contributed by atoms with Crippen LogP contribution in [0.5, 0.6) is 0 Å². The van der Waals surface area contributed by atoms with Crippen molar-refractivity contribution in [3.63, 3.8) is 0 Å². The smallest absolute Gasteiger partial charge is 0.329 e. The number of piperidine rings is 1. The highest BCUT2D eigenvalue weighted by molar-refractivity contribution is 5.87. The Kier molecular flexibility index (Phi) is 3.87. The molecule has 0 saturated carbocycles. The van der Waals surface area contributed by atoms with E-state index in [0.29, 0.717) is 24.8 Å². The minimum absolute atomic E-state index is 0.108. The molecule has 1 aromatic carbocycles. The minimum atomic E-state index is -0.243. The summed E-state index contributed by atoms with van der Waals surface area (Å²) in [4.78, 5) is 21.1. The predicted molar refractivity (Wildman–Crippen MR) is 89.9 cm³/mol. The standard InChI is InChI=1S/C17H18FN5O2/c1-10-20-16(25-22-10)21-17(24)23-6-4-11(5-7-23)14-9-19-15-3-2-12(18)8-13(14)15/h2-3,8-9,11,19H,4-7H2,1H3,(H,20,21,22,24). The molecule has 3 heterocycles. The number of carbonyl (C=O) groups is 1. The van der Waals surface area contributed by atoms with Gasteiger partial charge in [-0.05, 0) is 49.4 Å². The third-order valence-electron chi connectivity index (χ3n) is 4.64. The van der Waals surface area contributed by atoms with Gasteiger partial charge in [-0.1, -0.05) is 5.16 Å². The Bertz CT molecular complexity index is 911. The quantitative estimate of drug-likeness (QED) is 0.746. The fraction of sp³-hybridized carbons (Fsp3) is 0.353. The number of anilines is 1. The largest absolute Gasteiger partial charge is 0.361 e. The van der Waals surface area contributed by atoms with Gasteiger partial charge in [-0.25, -0.2) is 9.18 Å². The van der Waals surface area contributed by atoms with E-state index in [0.717, 1.165) is 29.3 Å². The number of fused-ring (bicyclic) bond motifs is 1. The number of rotatable bonds is 2. The molecule has 0 atom stereocenters. The predicted octanol–water partition coefficient (Wildman–Crippen LogP) is 3.41. The minimum Gasteiger partial charge on any atom is -0.361 e. The number of H-pyrrole nitrogens is 1. The number of amides is 2. The van der Waals surface area contributed by atoms with Gasteiger partial charge < -0.3 is 14.4 Å². The van der Waals surface area contributed by atoms with Gasteiger partial charge in [-0.15, -0.1) is 0 Å². The molecule has 4 rings (SSSR count). The zero-order valence-electron chi connectivity index (χ0n) is 13.8. The first-order valence-corrected chi connectivity index (χ1v) is 8.23. The molecule has 7 nitrogen and oxygen atoms in total. The summed E-state index contributed by atoms with van der Waals surface area (Å²) < 4.78 is 18.4. The number of halogens is 1. The van der Waals surface area contributed by atoms with E-state index < -0.39 is 0 Å². The summed E-state index contributed by atoms with van der Waals surface area (Å²) in [6.45, 7) is 2.92. The molecule has 3 aromatic rings. The van der Waals surface area contributed by atoms with Gasteiger partial charge in [0.1, 0.15) is 5.82 Å². The molecule has 1 saturated heterocycles. The Hall–Kier alpha value is -2.90. The molecule has 1 aliphatic heterocycles. The van der Waals surface area contributed by atoms with Crippen LogP contribution in [0.2, 0.25) is 0 Å². The van der Waals surface area contributed by atoms with Gasteiger partial charge in [0.05, 0.1) is 0 Å². The van der Waals surface area contributed by atoms with E-state index in [9.17, 15) is 9.18 Å². The molecule has 2 aromatic heterocycles. The summed E-state index contributed by atoms with van der Waals surface area (Å²) in [5, 5.41) is 7.17. The number of nitrogens with zero attached hydrogens (tertiary/aromatic N) is 3. The summed E-state index contributed by atoms with van der Waals surface area (Å²) in [5.74, 6) is 0.533. The highest BCUT2D eigenvalue weighted by Crippen LogP contribution is 2.33. The SMILES string of the molecule is Cc1noc(NC(=O)N2CCC(c3c[nH]c4ccc(F)cc34)CC2)n1. The second kappa shape index (κ2) is 6.19. The van der Waals surface area contributed by atoms with Gasteiger partial charge in [0.2, 0.25) is 0 Å². The van der Waals surface area contributed by atoms with Crippen molar-refractivity contribution in [3.8, 4) is 0 Å². The van der Waals surface area contributed by atoms with Crippen LogP contribution in [0.25, 0.3) is 10.9 Å². The summed E-state index contributed by atoms with van der Waals surface area (Å²) in [6, 6.07) is 4.64. The van der Waals surface area contributed by atoms with Crippen molar-refractivity contribution < 1.29 is 13.7 Å². The van der Waals surface area contributed by atoms with Crippen molar-refractivity contribution in [1.29, 1.82) is 0 Å². The molecule has 0 radical (unpaired) electrons. The zero-order valence-corrected chi connectivity index (χ0v) is 13.8. The van der Waals surface area contributed by atoms with Gasteiger partial charge in [0.25, 0.3) is 0 Å². The van der Waals surface area contributed by atoms with E-state index in [2.05, 4.69) is 20.4 Å². The van der Waals surface area contributed by atoms with Gasteiger partial charge >= 0.3 is 12.0 Å². The third-order valence-corrected chi connectivity index (χ3v) is 4.64. The van der Waals surface area contributed by atoms with E-state index in [1.165, 1.54) is 6.07 Å². The lowest BCUT2D eigenvalue weighted by atomic mass is 9.89. The van der Waals surface area contributed by atoms with Crippen LogP contribution in [0.15, 0.2) is 28.9 Å². The van der Waals surface area contributed by atoms with E-state index in [1.54, 1.807) is 24.0 Å². The Morgan fingerprint density at radius 1 is 1.40 bits per heavy atom. The van der Waals surface area contributed by atoms with Gasteiger partial charge in [-0.3, -0.25) is 5.32 Å². The van der Waals surface area contributed by atoms with Crippen molar-refractivity contribution in [2.75, 3.05) is 18.4 Å². The molecule has 2 N–H and O–H groups in total. The maximum atomic E-state index is 13.5. The van der Waals surface area contributed by atoms with Crippen LogP contribution < -0.4 is 5.32 Å². The monoisotopic (exact) mass is 343 g/mol. The fourth-order valence-corrected chi connectivity index (χ4v) is 3.36. The zero-order chi connectivity index (χ0) is 17.4. The molecular formula is C17H18FN5O2. The maximum Gasteiger partial charge on any atom is 0.329 e. The number of carbonyl (C=O) groups excluding carboxylic acids is 1. The van der Waals surface area contributed by atoms with E-state index in [-0.39, 0.29) is 17.9 Å². The molecule has 130 valence electrons. The van der Waals surface area contributed by atoms with Crippen LogP contribution in [0, 0.1) is 12.7 Å². The third kappa shape index (κ3) is 3.07. The molecule has 2 amide bonds. The first-order valence-electron chi connectivity index (χ1n) is 8.23. The lowest BCUT2D eigenvalue weighted by Crippen LogP contribution is -2.40. The molecule has 25 heavy (non-hydrogen) atoms. The highest BCUT2D eigenvalue weighted by atomic mass is 19.1. The number of likely N-dealkylation sites (tertiary alicyclic amines) is 1. The molecule has 1 aliphatic rings. The molecule has 0 spiro atoms. The first kappa shape index (κ1) is 15.6. The number of hydrogen-bond donors (Lipinski definition) is 2. The topological polar surface area (TPSA) is 87.0 Å². The Labute approximate surface area is 143 Å². The van der Waals surface area contributed by atoms with Gasteiger partial charge in [-0.2, -0.15) is 4.98 Å². The average Bonchev–Trinajstić information content (AvgIpc) is 3.20. The van der Waals surface area contributed by atoms with Gasteiger partial charge in [0.15, 0.2) is 5.82 Å². The second-order valence-electron chi connectivity index (χ2n) is 6.27. The number of aromatic nitrogens is 3. The fourth-order valence-electron chi connectivity index (χ4n) is 3.36. The molecule has 1 fully saturated rings. The van der Waals surface area contributed by atoms with E-state index in [4.69, 9.17) is 4.52 Å². The Morgan fingerprint density at radius 2 is 2.20 bits per heavy atom. The Morgan fingerprint density at radius 3 is 2.92 bits per heavy atom. The van der Waals surface area contributed by atoms with E-state index in [1.807, 2.05) is 6.20 Å². The van der Waals surface area contributed by atoms with Crippen LogP contribution in [0.3, 0.4) is 0 Å². The van der Waals surface area contributed by atoms with Crippen LogP contribution >= 0.6 is 0 Å². The summed E-state index contributed by atoms with van der Waals surface area (Å²) in [6.07, 6.45) is 3.59. The second-order valence-corrected chi connectivity index (χ2v) is 6.27. The van der Waals surface area contributed by atoms with E-state index >= 15 is 0 Å². The van der Waals surface area contributed by atoms with Crippen LogP contribution in [-0.4, -0.2) is 39.1 Å². The number of benzene rings is 1. The normalized spacial score (nSPS) is 15.7. The van der Waals surface area contributed by atoms with Crippen molar-refractivity contribution in [2.45, 2.75) is 25.7 Å². The van der Waals surface area contributed by atoms with Crippen molar-refractivity contribution in [1.82, 2.24) is 20.0 Å². The summed E-state index contributed by atoms with van der Waals surface area (Å²) >= 11 is 0. The number of urea groups is 1. The lowest BCUT2D eigenvalue weighted by molar-refractivity contribution is 0.194. The molecule has 0 bridgehead atoms. The molecule has 0 aliphatic carbocycles. The number of hydrogen-bond acceptors (Lipinski definition) is 4. The lowest BCUT2D eigenvalue weighted by Gasteiger charge is -2.31. The van der Waals surface area contributed by atoms with Crippen LogP contribution in [0.1, 0.15) is 30.1 Å². The van der Waals surface area contributed by atoms with Crippen LogP contribution in [-0.2, 0) is 0 Å². The highest BCUT2D eigenvalue weighted by Gasteiger charge is 2.26. The maximum absolute atomic E-state index is 13.5. The Balaban J connectivity index is 1.42. The molecular weight excluding hydrogens is 325 g/mol. The van der Waals surface area contributed by atoms with Crippen molar-refractivity contribution in [2.24, 2.45) is 0 Å². The number of aromatic amines is 1. The number of nitrogens with one attached hydrogen (secondary N) is 2. The average molecular weight is 343 g/mol. The van der Waals surface area contributed by atoms with Crippen molar-refractivity contribution >= 4 is 22.9 Å².